The van der Waals surface area contributed by atoms with Gasteiger partial charge in [-0.2, -0.15) is 5.10 Å². The van der Waals surface area contributed by atoms with Crippen molar-refractivity contribution in [3.05, 3.63) is 40.6 Å². The first kappa shape index (κ1) is 11.1. The number of nitro benzene ring substituents is 1. The summed E-state index contributed by atoms with van der Waals surface area (Å²) in [6.45, 7) is 5.91. The number of hydrogen-bond donors (Lipinski definition) is 1. The molecule has 0 amide bonds. The Kier molecular flexibility index (Phi) is 2.78. The van der Waals surface area contributed by atoms with Gasteiger partial charge in [-0.05, 0) is 13.0 Å². The van der Waals surface area contributed by atoms with Gasteiger partial charge in [0.15, 0.2) is 0 Å². The van der Waals surface area contributed by atoms with Crippen molar-refractivity contribution in [3.63, 3.8) is 0 Å². The van der Waals surface area contributed by atoms with E-state index in [-0.39, 0.29) is 5.69 Å². The first-order valence-electron chi connectivity index (χ1n) is 5.07. The molecule has 2 aromatic rings. The van der Waals surface area contributed by atoms with E-state index in [4.69, 9.17) is 4.74 Å². The monoisotopic (exact) mass is 233 g/mol. The number of fused-ring (bicyclic) bond motifs is 1. The van der Waals surface area contributed by atoms with Crippen molar-refractivity contribution in [1.29, 1.82) is 0 Å². The summed E-state index contributed by atoms with van der Waals surface area (Å²) in [7, 11) is 0. The van der Waals surface area contributed by atoms with Crippen LogP contribution in [0.5, 0.6) is 0 Å². The molecule has 0 aliphatic carbocycles. The van der Waals surface area contributed by atoms with Crippen molar-refractivity contribution in [2.75, 3.05) is 6.61 Å². The maximum absolute atomic E-state index is 11.0. The highest BCUT2D eigenvalue weighted by atomic mass is 16.6. The highest BCUT2D eigenvalue weighted by molar-refractivity contribution is 5.86. The average molecular weight is 233 g/mol. The summed E-state index contributed by atoms with van der Waals surface area (Å²) in [5.74, 6) is 0.294. The van der Waals surface area contributed by atoms with Crippen molar-refractivity contribution in [2.45, 2.75) is 6.92 Å². The average Bonchev–Trinajstić information content (AvgIpc) is 2.74. The summed E-state index contributed by atoms with van der Waals surface area (Å²) in [4.78, 5) is 10.5. The maximum Gasteiger partial charge on any atom is 0.282 e. The quantitative estimate of drug-likeness (QED) is 0.499. The molecule has 1 aromatic heterocycles. The van der Waals surface area contributed by atoms with Crippen LogP contribution in [0.2, 0.25) is 0 Å². The zero-order valence-electron chi connectivity index (χ0n) is 9.27. The predicted molar refractivity (Wildman–Crippen MR) is 63.4 cm³/mol. The molecule has 1 heterocycles. The van der Waals surface area contributed by atoms with Gasteiger partial charge in [0.05, 0.1) is 28.8 Å². The van der Waals surface area contributed by atoms with Crippen LogP contribution in [0.15, 0.2) is 24.9 Å². The third kappa shape index (κ3) is 1.96. The minimum Gasteiger partial charge on any atom is -0.494 e. The van der Waals surface area contributed by atoms with Gasteiger partial charge in [0.25, 0.3) is 5.69 Å². The summed E-state index contributed by atoms with van der Waals surface area (Å²) in [5.41, 5.74) is 0.954. The number of hydrogen-bond acceptors (Lipinski definition) is 4. The number of aromatic nitrogens is 2. The van der Waals surface area contributed by atoms with E-state index in [0.717, 1.165) is 5.39 Å². The number of nitrogens with zero attached hydrogens (tertiary/aromatic N) is 2. The first-order valence-corrected chi connectivity index (χ1v) is 5.07. The number of aromatic amines is 1. The van der Waals surface area contributed by atoms with Crippen LogP contribution >= 0.6 is 0 Å². The van der Waals surface area contributed by atoms with Crippen molar-refractivity contribution in [1.82, 2.24) is 10.2 Å². The molecule has 0 radical (unpaired) electrons. The second-order valence-electron chi connectivity index (χ2n) is 3.44. The molecular formula is C11H11N3O3. The molecular weight excluding hydrogens is 222 g/mol. The second kappa shape index (κ2) is 4.25. The maximum atomic E-state index is 11.0. The molecule has 6 nitrogen and oxygen atoms in total. The molecule has 1 N–H and O–H groups in total. The van der Waals surface area contributed by atoms with Crippen LogP contribution in [-0.2, 0) is 4.74 Å². The number of nitrogens with one attached hydrogen (secondary N) is 1. The molecule has 0 fully saturated rings. The van der Waals surface area contributed by atoms with Crippen molar-refractivity contribution in [3.8, 4) is 0 Å². The number of ether oxygens (including phenoxy) is 1. The largest absolute Gasteiger partial charge is 0.494 e. The second-order valence-corrected chi connectivity index (χ2v) is 3.44. The Bertz CT molecular complexity index is 589. The molecule has 17 heavy (non-hydrogen) atoms. The van der Waals surface area contributed by atoms with E-state index >= 15 is 0 Å². The van der Waals surface area contributed by atoms with Crippen LogP contribution in [0.25, 0.3) is 16.7 Å². The minimum absolute atomic E-state index is 0.0415. The van der Waals surface area contributed by atoms with Gasteiger partial charge >= 0.3 is 0 Å². The molecule has 0 aliphatic rings. The fraction of sp³-hybridized carbons (Fsp3) is 0.182. The third-order valence-electron chi connectivity index (χ3n) is 2.37. The van der Waals surface area contributed by atoms with Crippen molar-refractivity contribution >= 4 is 22.3 Å². The van der Waals surface area contributed by atoms with Gasteiger partial charge in [-0.3, -0.25) is 15.2 Å². The number of rotatable bonds is 4. The van der Waals surface area contributed by atoms with E-state index in [2.05, 4.69) is 16.8 Å². The highest BCUT2D eigenvalue weighted by Gasteiger charge is 2.18. The van der Waals surface area contributed by atoms with Crippen LogP contribution < -0.4 is 0 Å². The molecule has 0 spiro atoms. The van der Waals surface area contributed by atoms with Gasteiger partial charge in [0.1, 0.15) is 5.76 Å². The first-order chi connectivity index (χ1) is 8.13. The van der Waals surface area contributed by atoms with Gasteiger partial charge < -0.3 is 4.74 Å². The highest BCUT2D eigenvalue weighted by Crippen LogP contribution is 2.29. The summed E-state index contributed by atoms with van der Waals surface area (Å²) >= 11 is 0. The SMILES string of the molecule is C=C(OCC)c1cc2cn[nH]c2cc1[N+](=O)[O-]. The van der Waals surface area contributed by atoms with Gasteiger partial charge in [-0.1, -0.05) is 6.58 Å². The van der Waals surface area contributed by atoms with Gasteiger partial charge in [0, 0.05) is 11.5 Å². The van der Waals surface area contributed by atoms with Crippen LogP contribution in [0.1, 0.15) is 12.5 Å². The Hall–Kier alpha value is -2.37. The summed E-state index contributed by atoms with van der Waals surface area (Å²) in [6, 6.07) is 3.08. The van der Waals surface area contributed by atoms with Crippen molar-refractivity contribution in [2.24, 2.45) is 0 Å². The molecule has 0 aliphatic heterocycles. The Morgan fingerprint density at radius 3 is 3.06 bits per heavy atom. The lowest BCUT2D eigenvalue weighted by Crippen LogP contribution is -1.97. The molecule has 0 saturated carbocycles. The zero-order chi connectivity index (χ0) is 12.4. The Balaban J connectivity index is 2.61. The molecule has 1 aromatic carbocycles. The molecule has 6 heteroatoms. The predicted octanol–water partition coefficient (Wildman–Crippen LogP) is 2.48. The van der Waals surface area contributed by atoms with Crippen LogP contribution in [0.3, 0.4) is 0 Å². The van der Waals surface area contributed by atoms with Gasteiger partial charge in [-0.25, -0.2) is 0 Å². The smallest absolute Gasteiger partial charge is 0.282 e. The standard InChI is InChI=1S/C11H11N3O3/c1-3-17-7(2)9-4-8-6-12-13-10(8)5-11(9)14(15)16/h4-6H,2-3H2,1H3,(H,12,13). The minimum atomic E-state index is -0.459. The van der Waals surface area contributed by atoms with Gasteiger partial charge in [0.2, 0.25) is 0 Å². The van der Waals surface area contributed by atoms with Crippen LogP contribution in [0, 0.1) is 10.1 Å². The number of benzene rings is 1. The van der Waals surface area contributed by atoms with E-state index in [1.807, 2.05) is 0 Å². The van der Waals surface area contributed by atoms with E-state index in [9.17, 15) is 10.1 Å². The summed E-state index contributed by atoms with van der Waals surface area (Å²) < 4.78 is 5.21. The third-order valence-corrected chi connectivity index (χ3v) is 2.37. The van der Waals surface area contributed by atoms with Crippen LogP contribution in [-0.4, -0.2) is 21.7 Å². The Morgan fingerprint density at radius 1 is 1.65 bits per heavy atom. The lowest BCUT2D eigenvalue weighted by molar-refractivity contribution is -0.385. The molecule has 0 saturated heterocycles. The van der Waals surface area contributed by atoms with Gasteiger partial charge in [-0.15, -0.1) is 0 Å². The van der Waals surface area contributed by atoms with E-state index in [1.165, 1.54) is 6.07 Å². The number of H-pyrrole nitrogens is 1. The molecule has 88 valence electrons. The van der Waals surface area contributed by atoms with E-state index in [0.29, 0.717) is 23.4 Å². The molecule has 0 unspecified atom stereocenters. The van der Waals surface area contributed by atoms with Crippen molar-refractivity contribution < 1.29 is 9.66 Å². The lowest BCUT2D eigenvalue weighted by Gasteiger charge is -2.07. The Labute approximate surface area is 97.0 Å². The normalized spacial score (nSPS) is 10.4. The van der Waals surface area contributed by atoms with E-state index in [1.54, 1.807) is 19.2 Å². The summed E-state index contributed by atoms with van der Waals surface area (Å²) in [5, 5.41) is 18.3. The van der Waals surface area contributed by atoms with E-state index < -0.39 is 4.92 Å². The fourth-order valence-electron chi connectivity index (χ4n) is 1.61. The number of nitro groups is 1. The van der Waals surface area contributed by atoms with Crippen LogP contribution in [0.4, 0.5) is 5.69 Å². The Morgan fingerprint density at radius 2 is 2.41 bits per heavy atom. The fourth-order valence-corrected chi connectivity index (χ4v) is 1.61. The topological polar surface area (TPSA) is 81.0 Å². The molecule has 0 bridgehead atoms. The summed E-state index contributed by atoms with van der Waals surface area (Å²) in [6.07, 6.45) is 1.60. The molecule has 0 atom stereocenters. The lowest BCUT2D eigenvalue weighted by atomic mass is 10.1. The molecule has 2 rings (SSSR count). The zero-order valence-corrected chi connectivity index (χ0v) is 9.27.